The maximum atomic E-state index is 13.6. The van der Waals surface area contributed by atoms with Gasteiger partial charge in [-0.2, -0.15) is 13.2 Å². The van der Waals surface area contributed by atoms with Crippen molar-refractivity contribution in [3.63, 3.8) is 0 Å². The van der Waals surface area contributed by atoms with Gasteiger partial charge in [-0.3, -0.25) is 9.59 Å². The Kier molecular flexibility index (Phi) is 4.69. The molecule has 4 nitrogen and oxygen atoms in total. The van der Waals surface area contributed by atoms with Gasteiger partial charge < -0.3 is 10.0 Å². The number of alkyl halides is 3. The number of carbonyl (C=O) groups is 2. The van der Waals surface area contributed by atoms with E-state index in [1.807, 2.05) is 0 Å². The van der Waals surface area contributed by atoms with Gasteiger partial charge in [-0.1, -0.05) is 6.07 Å². The number of hydrogen-bond donors (Lipinski definition) is 1. The molecule has 110 valence electrons. The van der Waals surface area contributed by atoms with Gasteiger partial charge in [0.05, 0.1) is 5.56 Å². The second-order valence-corrected chi connectivity index (χ2v) is 4.15. The Labute approximate surface area is 111 Å². The van der Waals surface area contributed by atoms with Gasteiger partial charge in [0, 0.05) is 0 Å². The average molecular weight is 293 g/mol. The van der Waals surface area contributed by atoms with Crippen molar-refractivity contribution in [3.8, 4) is 0 Å². The first kappa shape index (κ1) is 15.9. The van der Waals surface area contributed by atoms with E-state index in [0.717, 1.165) is 12.1 Å². The Bertz CT molecular complexity index is 528. The van der Waals surface area contributed by atoms with Crippen LogP contribution in [0.15, 0.2) is 18.2 Å². The van der Waals surface area contributed by atoms with Crippen LogP contribution in [0.4, 0.5) is 17.6 Å². The van der Waals surface area contributed by atoms with Crippen LogP contribution in [0.3, 0.4) is 0 Å². The summed E-state index contributed by atoms with van der Waals surface area (Å²) in [6.45, 7) is -1.38. The number of nitrogens with zero attached hydrogens (tertiary/aromatic N) is 1. The first-order chi connectivity index (χ1) is 9.10. The molecule has 1 N–H and O–H groups in total. The molecule has 0 aliphatic heterocycles. The van der Waals surface area contributed by atoms with E-state index in [1.54, 1.807) is 6.92 Å². The van der Waals surface area contributed by atoms with Gasteiger partial charge in [0.2, 0.25) is 0 Å². The fourth-order valence-corrected chi connectivity index (χ4v) is 1.54. The van der Waals surface area contributed by atoms with E-state index in [0.29, 0.717) is 5.56 Å². The first-order valence-electron chi connectivity index (χ1n) is 5.44. The molecule has 0 spiro atoms. The van der Waals surface area contributed by atoms with E-state index < -0.39 is 42.5 Å². The molecule has 0 unspecified atom stereocenters. The van der Waals surface area contributed by atoms with Crippen molar-refractivity contribution in [3.05, 3.63) is 35.1 Å². The number of halogens is 4. The van der Waals surface area contributed by atoms with Crippen LogP contribution in [0.5, 0.6) is 0 Å². The number of aryl methyl sites for hydroxylation is 1. The lowest BCUT2D eigenvalue weighted by Crippen LogP contribution is -2.42. The molecule has 0 saturated heterocycles. The second-order valence-electron chi connectivity index (χ2n) is 4.15. The third-order valence-electron chi connectivity index (χ3n) is 2.34. The molecule has 0 heterocycles. The van der Waals surface area contributed by atoms with Crippen molar-refractivity contribution in [2.45, 2.75) is 13.1 Å². The molecule has 1 amide bonds. The molecule has 1 aromatic carbocycles. The molecule has 0 aliphatic rings. The molecular formula is C12H11F4NO3. The summed E-state index contributed by atoms with van der Waals surface area (Å²) in [5, 5.41) is 8.53. The fourth-order valence-electron chi connectivity index (χ4n) is 1.54. The van der Waals surface area contributed by atoms with Crippen LogP contribution < -0.4 is 0 Å². The monoisotopic (exact) mass is 293 g/mol. The molecule has 1 aromatic rings. The van der Waals surface area contributed by atoms with Gasteiger partial charge >= 0.3 is 12.1 Å². The van der Waals surface area contributed by atoms with Crippen molar-refractivity contribution in [2.75, 3.05) is 13.1 Å². The van der Waals surface area contributed by atoms with Crippen molar-refractivity contribution < 1.29 is 32.3 Å². The maximum absolute atomic E-state index is 13.6. The lowest BCUT2D eigenvalue weighted by atomic mass is 10.1. The van der Waals surface area contributed by atoms with Crippen molar-refractivity contribution in [1.82, 2.24) is 4.90 Å². The minimum absolute atomic E-state index is 0.0378. The second kappa shape index (κ2) is 5.89. The summed E-state index contributed by atoms with van der Waals surface area (Å²) in [6.07, 6.45) is -4.77. The molecule has 0 radical (unpaired) electrons. The minimum Gasteiger partial charge on any atom is -0.480 e. The predicted octanol–water partition coefficient (Wildman–Crippen LogP) is 2.22. The van der Waals surface area contributed by atoms with Gasteiger partial charge in [0.1, 0.15) is 18.9 Å². The van der Waals surface area contributed by atoms with E-state index in [-0.39, 0.29) is 4.90 Å². The molecule has 0 saturated carbocycles. The highest BCUT2D eigenvalue weighted by molar-refractivity contribution is 5.96. The third-order valence-corrected chi connectivity index (χ3v) is 2.34. The number of hydrogen-bond acceptors (Lipinski definition) is 2. The highest BCUT2D eigenvalue weighted by atomic mass is 19.4. The topological polar surface area (TPSA) is 57.6 Å². The van der Waals surface area contributed by atoms with Crippen LogP contribution in [0.2, 0.25) is 0 Å². The van der Waals surface area contributed by atoms with E-state index in [1.165, 1.54) is 6.07 Å². The van der Waals surface area contributed by atoms with E-state index in [2.05, 4.69) is 0 Å². The van der Waals surface area contributed by atoms with Gasteiger partial charge in [0.15, 0.2) is 0 Å². The maximum Gasteiger partial charge on any atom is 0.406 e. The molecule has 8 heteroatoms. The number of aliphatic carboxylic acids is 1. The number of benzene rings is 1. The van der Waals surface area contributed by atoms with Crippen LogP contribution in [0.1, 0.15) is 15.9 Å². The Hall–Kier alpha value is -2.12. The highest BCUT2D eigenvalue weighted by Crippen LogP contribution is 2.19. The van der Waals surface area contributed by atoms with Crippen LogP contribution in [-0.2, 0) is 4.79 Å². The van der Waals surface area contributed by atoms with Gasteiger partial charge in [0.25, 0.3) is 5.91 Å². The van der Waals surface area contributed by atoms with E-state index >= 15 is 0 Å². The first-order valence-corrected chi connectivity index (χ1v) is 5.44. The summed E-state index contributed by atoms with van der Waals surface area (Å²) in [7, 11) is 0. The minimum atomic E-state index is -4.77. The summed E-state index contributed by atoms with van der Waals surface area (Å²) in [6, 6.07) is 3.36. The molecule has 1 rings (SSSR count). The predicted molar refractivity (Wildman–Crippen MR) is 60.7 cm³/mol. The number of carboxylic acids is 1. The average Bonchev–Trinajstić information content (AvgIpc) is 2.24. The zero-order chi connectivity index (χ0) is 15.5. The van der Waals surface area contributed by atoms with Gasteiger partial charge in [-0.05, 0) is 24.6 Å². The summed E-state index contributed by atoms with van der Waals surface area (Å²) < 4.78 is 50.5. The lowest BCUT2D eigenvalue weighted by Gasteiger charge is -2.22. The third kappa shape index (κ3) is 4.52. The summed E-state index contributed by atoms with van der Waals surface area (Å²) in [5.74, 6) is -3.93. The van der Waals surface area contributed by atoms with Gasteiger partial charge in [-0.25, -0.2) is 4.39 Å². The lowest BCUT2D eigenvalue weighted by molar-refractivity contribution is -0.149. The largest absolute Gasteiger partial charge is 0.480 e. The van der Waals surface area contributed by atoms with Crippen LogP contribution in [0.25, 0.3) is 0 Å². The highest BCUT2D eigenvalue weighted by Gasteiger charge is 2.35. The number of carbonyl (C=O) groups excluding carboxylic acids is 1. The van der Waals surface area contributed by atoms with Crippen LogP contribution in [-0.4, -0.2) is 41.1 Å². The molecule has 0 aromatic heterocycles. The zero-order valence-electron chi connectivity index (χ0n) is 10.4. The summed E-state index contributed by atoms with van der Waals surface area (Å²) in [5.41, 5.74) is -0.110. The van der Waals surface area contributed by atoms with Crippen molar-refractivity contribution in [2.24, 2.45) is 0 Å². The number of carboxylic acid groups (broad SMARTS) is 1. The fraction of sp³-hybridized carbons (Fsp3) is 0.333. The quantitative estimate of drug-likeness (QED) is 0.866. The SMILES string of the molecule is Cc1ccc(C(=O)N(CC(=O)O)CC(F)(F)F)c(F)c1. The Balaban J connectivity index is 3.06. The number of amides is 1. The van der Waals surface area contributed by atoms with E-state index in [9.17, 15) is 27.2 Å². The zero-order valence-corrected chi connectivity index (χ0v) is 10.4. The van der Waals surface area contributed by atoms with Gasteiger partial charge in [-0.15, -0.1) is 0 Å². The normalized spacial score (nSPS) is 11.2. The molecule has 0 aliphatic carbocycles. The van der Waals surface area contributed by atoms with Crippen LogP contribution in [0, 0.1) is 12.7 Å². The van der Waals surface area contributed by atoms with Crippen LogP contribution >= 0.6 is 0 Å². The summed E-state index contributed by atoms with van der Waals surface area (Å²) in [4.78, 5) is 22.4. The smallest absolute Gasteiger partial charge is 0.406 e. The van der Waals surface area contributed by atoms with Crippen molar-refractivity contribution in [1.29, 1.82) is 0 Å². The molecule has 0 bridgehead atoms. The molecular weight excluding hydrogens is 282 g/mol. The van der Waals surface area contributed by atoms with Crippen molar-refractivity contribution >= 4 is 11.9 Å². The summed E-state index contributed by atoms with van der Waals surface area (Å²) >= 11 is 0. The Morgan fingerprint density at radius 1 is 1.30 bits per heavy atom. The van der Waals surface area contributed by atoms with E-state index in [4.69, 9.17) is 5.11 Å². The standard InChI is InChI=1S/C12H11F4NO3/c1-7-2-3-8(9(13)4-7)11(20)17(5-10(18)19)6-12(14,15)16/h2-4H,5-6H2,1H3,(H,18,19). The molecule has 0 fully saturated rings. The Morgan fingerprint density at radius 3 is 2.35 bits per heavy atom. The molecule has 0 atom stereocenters. The molecule has 20 heavy (non-hydrogen) atoms. The Morgan fingerprint density at radius 2 is 1.90 bits per heavy atom. The number of rotatable bonds is 4.